The zero-order valence-corrected chi connectivity index (χ0v) is 17.1. The van der Waals surface area contributed by atoms with Gasteiger partial charge in [0.1, 0.15) is 5.60 Å². The maximum absolute atomic E-state index is 12.2. The van der Waals surface area contributed by atoms with Gasteiger partial charge in [0.2, 0.25) is 0 Å². The largest absolute Gasteiger partial charge is 0.444 e. The second-order valence-electron chi connectivity index (χ2n) is 8.39. The van der Waals surface area contributed by atoms with E-state index in [0.717, 1.165) is 35.1 Å². The van der Waals surface area contributed by atoms with Crippen LogP contribution in [0.25, 0.3) is 11.1 Å². The highest BCUT2D eigenvalue weighted by molar-refractivity contribution is 5.68. The maximum Gasteiger partial charge on any atom is 0.410 e. The van der Waals surface area contributed by atoms with Crippen LogP contribution in [0.2, 0.25) is 0 Å². The van der Waals surface area contributed by atoms with Gasteiger partial charge in [-0.2, -0.15) is 10.4 Å². The predicted octanol–water partition coefficient (Wildman–Crippen LogP) is 4.50. The third-order valence-electron chi connectivity index (χ3n) is 4.98. The average Bonchev–Trinajstić information content (AvgIpc) is 3.10. The summed E-state index contributed by atoms with van der Waals surface area (Å²) in [5, 5.41) is 13.4. The minimum Gasteiger partial charge on any atom is -0.444 e. The molecule has 148 valence electrons. The second kappa shape index (κ2) is 8.05. The number of carbonyl (C=O) groups excluding carboxylic acids is 1. The van der Waals surface area contributed by atoms with Crippen LogP contribution < -0.4 is 0 Å². The highest BCUT2D eigenvalue weighted by atomic mass is 16.6. The van der Waals surface area contributed by atoms with Crippen molar-refractivity contribution in [2.75, 3.05) is 13.1 Å². The molecule has 1 aliphatic rings. The lowest BCUT2D eigenvalue weighted by Gasteiger charge is -2.33. The lowest BCUT2D eigenvalue weighted by Crippen LogP contribution is -2.42. The molecule has 2 aromatic rings. The first-order valence-electron chi connectivity index (χ1n) is 9.76. The summed E-state index contributed by atoms with van der Waals surface area (Å²) in [5.74, 6) is 0. The zero-order chi connectivity index (χ0) is 20.3. The summed E-state index contributed by atoms with van der Waals surface area (Å²) in [4.78, 5) is 14.0. The molecule has 0 radical (unpaired) electrons. The Kier molecular flexibility index (Phi) is 5.73. The van der Waals surface area contributed by atoms with Crippen molar-refractivity contribution in [1.29, 1.82) is 5.26 Å². The van der Waals surface area contributed by atoms with Crippen LogP contribution in [-0.2, 0) is 11.2 Å². The molecule has 1 aromatic carbocycles. The molecule has 0 spiro atoms. The molecule has 0 N–H and O–H groups in total. The van der Waals surface area contributed by atoms with Gasteiger partial charge in [-0.05, 0) is 57.2 Å². The van der Waals surface area contributed by atoms with E-state index >= 15 is 0 Å². The summed E-state index contributed by atoms with van der Waals surface area (Å²) in [6.07, 6.45) is 5.89. The van der Waals surface area contributed by atoms with E-state index < -0.39 is 5.60 Å². The predicted molar refractivity (Wildman–Crippen MR) is 108 cm³/mol. The maximum atomic E-state index is 12.2. The summed E-state index contributed by atoms with van der Waals surface area (Å²) in [6, 6.07) is 8.60. The number of piperidine rings is 1. The lowest BCUT2D eigenvalue weighted by molar-refractivity contribution is 0.0185. The number of aryl methyl sites for hydroxylation is 1. The Morgan fingerprint density at radius 3 is 2.64 bits per heavy atom. The molecule has 6 heteroatoms. The van der Waals surface area contributed by atoms with Crippen molar-refractivity contribution in [3.8, 4) is 17.2 Å². The van der Waals surface area contributed by atoms with Gasteiger partial charge in [-0.1, -0.05) is 18.2 Å². The van der Waals surface area contributed by atoms with E-state index in [1.165, 1.54) is 0 Å². The minimum absolute atomic E-state index is 0.236. The van der Waals surface area contributed by atoms with Crippen molar-refractivity contribution in [2.24, 2.45) is 0 Å². The van der Waals surface area contributed by atoms with Crippen molar-refractivity contribution in [1.82, 2.24) is 14.7 Å². The number of hydrogen-bond acceptors (Lipinski definition) is 4. The van der Waals surface area contributed by atoms with Crippen molar-refractivity contribution >= 4 is 6.09 Å². The number of benzene rings is 1. The Bertz CT molecular complexity index is 881. The van der Waals surface area contributed by atoms with Gasteiger partial charge in [-0.15, -0.1) is 0 Å². The third-order valence-corrected chi connectivity index (χ3v) is 4.98. The van der Waals surface area contributed by atoms with Gasteiger partial charge in [-0.25, -0.2) is 4.79 Å². The van der Waals surface area contributed by atoms with Crippen LogP contribution in [-0.4, -0.2) is 39.5 Å². The summed E-state index contributed by atoms with van der Waals surface area (Å²) in [6.45, 7) is 9.08. The van der Waals surface area contributed by atoms with E-state index in [4.69, 9.17) is 10.00 Å². The summed E-state index contributed by atoms with van der Waals surface area (Å²) in [7, 11) is 0. The van der Waals surface area contributed by atoms with Gasteiger partial charge >= 0.3 is 6.09 Å². The number of amides is 1. The van der Waals surface area contributed by atoms with Gasteiger partial charge in [0.05, 0.1) is 24.7 Å². The number of rotatable bonds is 3. The molecule has 3 rings (SSSR count). The topological polar surface area (TPSA) is 71.2 Å². The molecule has 0 atom stereocenters. The smallest absolute Gasteiger partial charge is 0.410 e. The van der Waals surface area contributed by atoms with E-state index in [9.17, 15) is 4.79 Å². The van der Waals surface area contributed by atoms with E-state index in [1.807, 2.05) is 37.7 Å². The minimum atomic E-state index is -0.467. The summed E-state index contributed by atoms with van der Waals surface area (Å²) < 4.78 is 7.48. The first kappa shape index (κ1) is 19.9. The first-order valence-corrected chi connectivity index (χ1v) is 9.76. The summed E-state index contributed by atoms with van der Waals surface area (Å²) >= 11 is 0. The van der Waals surface area contributed by atoms with Crippen molar-refractivity contribution in [2.45, 2.75) is 58.6 Å². The van der Waals surface area contributed by atoms with Gasteiger partial charge in [-0.3, -0.25) is 4.68 Å². The van der Waals surface area contributed by atoms with E-state index in [1.54, 1.807) is 4.90 Å². The Hall–Kier alpha value is -2.81. The molecule has 0 unspecified atom stereocenters. The molecule has 6 nitrogen and oxygen atoms in total. The van der Waals surface area contributed by atoms with Crippen LogP contribution in [0, 0.1) is 18.3 Å². The van der Waals surface area contributed by atoms with Crippen molar-refractivity contribution in [3.63, 3.8) is 0 Å². The molecule has 0 bridgehead atoms. The van der Waals surface area contributed by atoms with Crippen LogP contribution in [0.1, 0.15) is 50.8 Å². The molecule has 28 heavy (non-hydrogen) atoms. The van der Waals surface area contributed by atoms with E-state index in [-0.39, 0.29) is 12.1 Å². The second-order valence-corrected chi connectivity index (χ2v) is 8.39. The van der Waals surface area contributed by atoms with Crippen LogP contribution in [0.5, 0.6) is 0 Å². The van der Waals surface area contributed by atoms with Gasteiger partial charge in [0, 0.05) is 24.8 Å². The molecule has 1 aromatic heterocycles. The Balaban J connectivity index is 1.64. The van der Waals surface area contributed by atoms with Crippen LogP contribution >= 0.6 is 0 Å². The number of nitrogens with zero attached hydrogens (tertiary/aromatic N) is 4. The third kappa shape index (κ3) is 4.72. The quantitative estimate of drug-likeness (QED) is 0.786. The van der Waals surface area contributed by atoms with E-state index in [0.29, 0.717) is 19.5 Å². The molecule has 2 heterocycles. The first-order chi connectivity index (χ1) is 13.3. The lowest BCUT2D eigenvalue weighted by atomic mass is 10.00. The Morgan fingerprint density at radius 2 is 2.04 bits per heavy atom. The molecule has 0 aliphatic carbocycles. The number of hydrogen-bond donors (Lipinski definition) is 0. The number of nitriles is 1. The number of carbonyl (C=O) groups is 1. The van der Waals surface area contributed by atoms with Crippen molar-refractivity contribution < 1.29 is 9.53 Å². The molecular formula is C22H28N4O2. The van der Waals surface area contributed by atoms with Crippen molar-refractivity contribution in [3.05, 3.63) is 41.7 Å². The van der Waals surface area contributed by atoms with Crippen LogP contribution in [0.4, 0.5) is 4.79 Å². The molecule has 1 fully saturated rings. The monoisotopic (exact) mass is 380 g/mol. The fraction of sp³-hybridized carbons (Fsp3) is 0.500. The van der Waals surface area contributed by atoms with Gasteiger partial charge in [0.25, 0.3) is 0 Å². The fourth-order valence-corrected chi connectivity index (χ4v) is 3.57. The van der Waals surface area contributed by atoms with E-state index in [2.05, 4.69) is 36.4 Å². The van der Waals surface area contributed by atoms with Crippen LogP contribution in [0.3, 0.4) is 0 Å². The van der Waals surface area contributed by atoms with Gasteiger partial charge < -0.3 is 9.64 Å². The highest BCUT2D eigenvalue weighted by Gasteiger charge is 2.27. The fourth-order valence-electron chi connectivity index (χ4n) is 3.57. The Labute approximate surface area is 166 Å². The average molecular weight is 380 g/mol. The summed E-state index contributed by atoms with van der Waals surface area (Å²) in [5.41, 5.74) is 3.93. The molecule has 1 aliphatic heterocycles. The zero-order valence-electron chi connectivity index (χ0n) is 17.1. The normalized spacial score (nSPS) is 15.3. The molecule has 1 saturated heterocycles. The molecule has 1 amide bonds. The molecule has 0 saturated carbocycles. The Morgan fingerprint density at radius 1 is 1.32 bits per heavy atom. The number of ether oxygens (including phenoxy) is 1. The highest BCUT2D eigenvalue weighted by Crippen LogP contribution is 2.28. The standard InChI is InChI=1S/C22H28N4O2/c1-16-13-17(7-10-23)5-6-20(16)18-14-24-26(15-18)19-8-11-25(12-9-19)21(27)28-22(2,3)4/h5-6,13-15,19H,7-9,11-12H2,1-4H3. The number of aromatic nitrogens is 2. The van der Waals surface area contributed by atoms with Gasteiger partial charge in [0.15, 0.2) is 0 Å². The number of likely N-dealkylation sites (tertiary alicyclic amines) is 1. The molecular weight excluding hydrogens is 352 g/mol. The SMILES string of the molecule is Cc1cc(CC#N)ccc1-c1cnn(C2CCN(C(=O)OC(C)(C)C)CC2)c1. The van der Waals surface area contributed by atoms with Crippen LogP contribution in [0.15, 0.2) is 30.6 Å².